The molecule has 12 heavy (non-hydrogen) atoms. The number of hydrogen-bond acceptors (Lipinski definition) is 3. The number of hydrogen-bond donors (Lipinski definition) is 0. The molecule has 2 aromatic rings. The van der Waals surface area contributed by atoms with Crippen LogP contribution in [0.3, 0.4) is 0 Å². The Kier molecular flexibility index (Phi) is 1.90. The van der Waals surface area contributed by atoms with E-state index in [1.807, 2.05) is 0 Å². The average Bonchev–Trinajstić information content (AvgIpc) is 2.46. The summed E-state index contributed by atoms with van der Waals surface area (Å²) in [7, 11) is 0. The van der Waals surface area contributed by atoms with Gasteiger partial charge in [0.1, 0.15) is 5.01 Å². The second-order valence-electron chi connectivity index (χ2n) is 2.64. The number of thiocarbonyl (C=S) groups is 1. The molecule has 2 rings (SSSR count). The first-order chi connectivity index (χ1) is 5.79. The quantitative estimate of drug-likeness (QED) is 0.646. The van der Waals surface area contributed by atoms with Gasteiger partial charge in [-0.05, 0) is 24.6 Å². The maximum absolute atomic E-state index is 4.82. The van der Waals surface area contributed by atoms with Crippen molar-refractivity contribution in [1.29, 1.82) is 0 Å². The summed E-state index contributed by atoms with van der Waals surface area (Å²) < 4.78 is 1.21. The molecular formula is C9H7NS2. The Morgan fingerprint density at radius 1 is 1.50 bits per heavy atom. The van der Waals surface area contributed by atoms with Crippen molar-refractivity contribution >= 4 is 39.1 Å². The molecule has 0 aliphatic rings. The third-order valence-electron chi connectivity index (χ3n) is 1.66. The van der Waals surface area contributed by atoms with E-state index in [1.54, 1.807) is 16.7 Å². The number of rotatable bonds is 1. The lowest BCUT2D eigenvalue weighted by atomic mass is 10.2. The summed E-state index contributed by atoms with van der Waals surface area (Å²) in [5.74, 6) is 0. The lowest BCUT2D eigenvalue weighted by Gasteiger charge is -1.88. The molecule has 0 amide bonds. The van der Waals surface area contributed by atoms with E-state index in [0.29, 0.717) is 0 Å². The predicted molar refractivity (Wildman–Crippen MR) is 57.1 cm³/mol. The SMILES string of the molecule is Cc1ccc2sc(C=S)nc2c1. The molecule has 3 heteroatoms. The van der Waals surface area contributed by atoms with Gasteiger partial charge in [0.15, 0.2) is 0 Å². The Balaban J connectivity index is 2.75. The van der Waals surface area contributed by atoms with E-state index in [1.165, 1.54) is 10.3 Å². The van der Waals surface area contributed by atoms with Gasteiger partial charge in [0.2, 0.25) is 0 Å². The van der Waals surface area contributed by atoms with Crippen LogP contribution in [0.25, 0.3) is 10.2 Å². The molecule has 1 aromatic carbocycles. The maximum Gasteiger partial charge on any atom is 0.128 e. The van der Waals surface area contributed by atoms with Crippen LogP contribution < -0.4 is 0 Å². The number of benzene rings is 1. The zero-order valence-electron chi connectivity index (χ0n) is 6.57. The standard InChI is InChI=1S/C9H7NS2/c1-6-2-3-8-7(4-6)10-9(5-11)12-8/h2-5H,1H3. The lowest BCUT2D eigenvalue weighted by molar-refractivity contribution is 1.44. The van der Waals surface area contributed by atoms with Crippen LogP contribution in [0.15, 0.2) is 18.2 Å². The molecular weight excluding hydrogens is 186 g/mol. The van der Waals surface area contributed by atoms with Gasteiger partial charge in [-0.15, -0.1) is 11.3 Å². The smallest absolute Gasteiger partial charge is 0.128 e. The Labute approximate surface area is 80.1 Å². The third-order valence-corrected chi connectivity index (χ3v) is 3.02. The zero-order chi connectivity index (χ0) is 8.55. The summed E-state index contributed by atoms with van der Waals surface area (Å²) >= 11 is 6.45. The molecule has 0 saturated heterocycles. The van der Waals surface area contributed by atoms with Crippen molar-refractivity contribution in [2.45, 2.75) is 6.92 Å². The Bertz CT molecular complexity index is 431. The molecule has 0 fully saturated rings. The van der Waals surface area contributed by atoms with Crippen LogP contribution in [0.5, 0.6) is 0 Å². The normalized spacial score (nSPS) is 10.4. The van der Waals surface area contributed by atoms with Crippen molar-refractivity contribution in [3.05, 3.63) is 28.8 Å². The number of aryl methyl sites for hydroxylation is 1. The van der Waals surface area contributed by atoms with Gasteiger partial charge in [-0.3, -0.25) is 0 Å². The van der Waals surface area contributed by atoms with Crippen molar-refractivity contribution in [1.82, 2.24) is 4.98 Å². The molecule has 0 atom stereocenters. The number of thiazole rings is 1. The minimum absolute atomic E-state index is 0.922. The number of fused-ring (bicyclic) bond motifs is 1. The van der Waals surface area contributed by atoms with Gasteiger partial charge in [-0.1, -0.05) is 18.3 Å². The van der Waals surface area contributed by atoms with E-state index in [2.05, 4.69) is 30.1 Å². The highest BCUT2D eigenvalue weighted by Gasteiger charge is 1.99. The molecule has 0 radical (unpaired) electrons. The highest BCUT2D eigenvalue weighted by atomic mass is 32.1. The van der Waals surface area contributed by atoms with Crippen molar-refractivity contribution in [2.75, 3.05) is 0 Å². The Morgan fingerprint density at radius 2 is 2.33 bits per heavy atom. The summed E-state index contributed by atoms with van der Waals surface area (Å²) in [5.41, 5.74) is 2.29. The Morgan fingerprint density at radius 3 is 3.08 bits per heavy atom. The molecule has 0 bridgehead atoms. The maximum atomic E-state index is 4.82. The fourth-order valence-electron chi connectivity index (χ4n) is 1.11. The average molecular weight is 193 g/mol. The van der Waals surface area contributed by atoms with Crippen LogP contribution in [0, 0.1) is 6.92 Å². The van der Waals surface area contributed by atoms with E-state index in [9.17, 15) is 0 Å². The highest BCUT2D eigenvalue weighted by molar-refractivity contribution is 7.79. The van der Waals surface area contributed by atoms with Gasteiger partial charge in [0, 0.05) is 5.37 Å². The molecule has 0 unspecified atom stereocenters. The zero-order valence-corrected chi connectivity index (χ0v) is 8.21. The van der Waals surface area contributed by atoms with Gasteiger partial charge in [-0.25, -0.2) is 4.98 Å². The van der Waals surface area contributed by atoms with E-state index in [0.717, 1.165) is 10.5 Å². The van der Waals surface area contributed by atoms with E-state index in [4.69, 9.17) is 12.2 Å². The molecule has 0 saturated carbocycles. The molecule has 0 aliphatic carbocycles. The molecule has 0 aliphatic heterocycles. The molecule has 0 spiro atoms. The summed E-state index contributed by atoms with van der Waals surface area (Å²) in [6, 6.07) is 6.26. The van der Waals surface area contributed by atoms with Crippen LogP contribution in [0.2, 0.25) is 0 Å². The summed E-state index contributed by atoms with van der Waals surface area (Å²) in [5, 5.41) is 2.55. The van der Waals surface area contributed by atoms with Gasteiger partial charge in [-0.2, -0.15) is 0 Å². The fourth-order valence-corrected chi connectivity index (χ4v) is 2.07. The fraction of sp³-hybridized carbons (Fsp3) is 0.111. The first-order valence-corrected chi connectivity index (χ1v) is 4.91. The summed E-state index contributed by atoms with van der Waals surface area (Å²) in [6.07, 6.45) is 0. The third kappa shape index (κ3) is 1.26. The van der Waals surface area contributed by atoms with Crippen LogP contribution in [-0.4, -0.2) is 10.4 Å². The second kappa shape index (κ2) is 2.92. The van der Waals surface area contributed by atoms with Gasteiger partial charge < -0.3 is 0 Å². The monoisotopic (exact) mass is 193 g/mol. The predicted octanol–water partition coefficient (Wildman–Crippen LogP) is 2.95. The number of aromatic nitrogens is 1. The lowest BCUT2D eigenvalue weighted by Crippen LogP contribution is -1.73. The largest absolute Gasteiger partial charge is 0.236 e. The number of nitrogens with zero attached hydrogens (tertiary/aromatic N) is 1. The molecule has 0 N–H and O–H groups in total. The van der Waals surface area contributed by atoms with Crippen LogP contribution in [0.1, 0.15) is 10.6 Å². The van der Waals surface area contributed by atoms with E-state index in [-0.39, 0.29) is 0 Å². The topological polar surface area (TPSA) is 12.9 Å². The molecule has 60 valence electrons. The van der Waals surface area contributed by atoms with Gasteiger partial charge >= 0.3 is 0 Å². The first-order valence-electron chi connectivity index (χ1n) is 3.62. The van der Waals surface area contributed by atoms with Gasteiger partial charge in [0.05, 0.1) is 10.2 Å². The molecule has 1 aromatic heterocycles. The van der Waals surface area contributed by atoms with Gasteiger partial charge in [0.25, 0.3) is 0 Å². The molecule has 1 heterocycles. The van der Waals surface area contributed by atoms with Crippen molar-refractivity contribution in [3.8, 4) is 0 Å². The van der Waals surface area contributed by atoms with E-state index >= 15 is 0 Å². The Hall–Kier alpha value is -0.800. The minimum atomic E-state index is 0.922. The van der Waals surface area contributed by atoms with E-state index < -0.39 is 0 Å². The van der Waals surface area contributed by atoms with Crippen molar-refractivity contribution in [2.24, 2.45) is 0 Å². The first kappa shape index (κ1) is 7.83. The van der Waals surface area contributed by atoms with Crippen molar-refractivity contribution < 1.29 is 0 Å². The van der Waals surface area contributed by atoms with Crippen LogP contribution in [0.4, 0.5) is 0 Å². The highest BCUT2D eigenvalue weighted by Crippen LogP contribution is 2.21. The van der Waals surface area contributed by atoms with Crippen molar-refractivity contribution in [3.63, 3.8) is 0 Å². The summed E-state index contributed by atoms with van der Waals surface area (Å²) in [6.45, 7) is 2.07. The second-order valence-corrected chi connectivity index (χ2v) is 3.94. The summed E-state index contributed by atoms with van der Waals surface area (Å²) in [4.78, 5) is 4.35. The molecule has 1 nitrogen and oxygen atoms in total. The minimum Gasteiger partial charge on any atom is -0.236 e. The van der Waals surface area contributed by atoms with Crippen LogP contribution in [-0.2, 0) is 0 Å². The van der Waals surface area contributed by atoms with Crippen LogP contribution >= 0.6 is 23.6 Å².